The van der Waals surface area contributed by atoms with E-state index in [0.29, 0.717) is 19.1 Å². The van der Waals surface area contributed by atoms with Crippen molar-refractivity contribution in [1.29, 1.82) is 0 Å². The molecule has 2 aliphatic heterocycles. The maximum atomic E-state index is 12.4. The van der Waals surface area contributed by atoms with Crippen molar-refractivity contribution < 1.29 is 9.53 Å². The molecule has 0 N–H and O–H groups in total. The Kier molecular flexibility index (Phi) is 3.70. The molecular weight excluding hydrogens is 280 g/mol. The highest BCUT2D eigenvalue weighted by molar-refractivity contribution is 5.82. The molecule has 6 nitrogen and oxygen atoms in total. The molecule has 1 aliphatic carbocycles. The second-order valence-corrected chi connectivity index (χ2v) is 6.47. The van der Waals surface area contributed by atoms with Crippen LogP contribution in [0.2, 0.25) is 0 Å². The number of aromatic nitrogens is 2. The molecule has 0 unspecified atom stereocenters. The third kappa shape index (κ3) is 2.56. The van der Waals surface area contributed by atoms with E-state index in [1.807, 2.05) is 4.90 Å². The van der Waals surface area contributed by atoms with Gasteiger partial charge in [-0.1, -0.05) is 6.42 Å². The molecule has 3 heterocycles. The number of hydrogen-bond donors (Lipinski definition) is 0. The number of morpholine rings is 1. The van der Waals surface area contributed by atoms with Crippen LogP contribution >= 0.6 is 0 Å². The van der Waals surface area contributed by atoms with Crippen LogP contribution in [0.15, 0.2) is 12.4 Å². The number of carbonyl (C=O) groups excluding carboxylic acids is 1. The van der Waals surface area contributed by atoms with Crippen molar-refractivity contribution in [3.63, 3.8) is 0 Å². The fourth-order valence-electron chi connectivity index (χ4n) is 3.33. The predicted molar refractivity (Wildman–Crippen MR) is 81.7 cm³/mol. The van der Waals surface area contributed by atoms with Crippen LogP contribution < -0.4 is 4.90 Å². The minimum atomic E-state index is 0.111. The Morgan fingerprint density at radius 3 is 2.64 bits per heavy atom. The standard InChI is InChI=1S/C16H22N4O2/c21-16(19-4-6-22-7-5-19)13-9-20(10-13)15-8-14(17-11-18-15)12-2-1-3-12/h8,11-13H,1-7,9-10H2. The molecule has 1 amide bonds. The lowest BCUT2D eigenvalue weighted by Crippen LogP contribution is -2.56. The first-order valence-corrected chi connectivity index (χ1v) is 8.24. The molecule has 1 aromatic heterocycles. The van der Waals surface area contributed by atoms with Crippen LogP contribution in [0.5, 0.6) is 0 Å². The van der Waals surface area contributed by atoms with Gasteiger partial charge in [0.05, 0.1) is 19.1 Å². The van der Waals surface area contributed by atoms with E-state index in [0.717, 1.165) is 32.0 Å². The van der Waals surface area contributed by atoms with Gasteiger partial charge in [-0.25, -0.2) is 9.97 Å². The Morgan fingerprint density at radius 2 is 1.95 bits per heavy atom. The number of hydrogen-bond acceptors (Lipinski definition) is 5. The Labute approximate surface area is 130 Å². The van der Waals surface area contributed by atoms with E-state index in [1.54, 1.807) is 6.33 Å². The molecule has 0 aromatic carbocycles. The van der Waals surface area contributed by atoms with Crippen LogP contribution in [0.4, 0.5) is 5.82 Å². The molecule has 1 saturated carbocycles. The molecular formula is C16H22N4O2. The first-order chi connectivity index (χ1) is 10.8. The van der Waals surface area contributed by atoms with E-state index in [1.165, 1.54) is 25.0 Å². The van der Waals surface area contributed by atoms with Crippen LogP contribution in [0.25, 0.3) is 0 Å². The number of anilines is 1. The first kappa shape index (κ1) is 13.9. The van der Waals surface area contributed by atoms with Gasteiger partial charge < -0.3 is 14.5 Å². The quantitative estimate of drug-likeness (QED) is 0.835. The van der Waals surface area contributed by atoms with E-state index in [2.05, 4.69) is 20.9 Å². The molecule has 1 aromatic rings. The van der Waals surface area contributed by atoms with E-state index in [-0.39, 0.29) is 11.8 Å². The molecule has 0 bridgehead atoms. The second kappa shape index (κ2) is 5.83. The SMILES string of the molecule is O=C(C1CN(c2cc(C3CCC3)ncn2)C1)N1CCOCC1. The number of carbonyl (C=O) groups is 1. The van der Waals surface area contributed by atoms with Crippen molar-refractivity contribution in [2.24, 2.45) is 5.92 Å². The summed E-state index contributed by atoms with van der Waals surface area (Å²) in [4.78, 5) is 25.3. The maximum absolute atomic E-state index is 12.4. The fraction of sp³-hybridized carbons (Fsp3) is 0.688. The minimum Gasteiger partial charge on any atom is -0.378 e. The Bertz CT molecular complexity index is 549. The average Bonchev–Trinajstić information content (AvgIpc) is 2.45. The summed E-state index contributed by atoms with van der Waals surface area (Å²) in [5, 5.41) is 0. The van der Waals surface area contributed by atoms with E-state index in [9.17, 15) is 4.79 Å². The lowest BCUT2D eigenvalue weighted by Gasteiger charge is -2.42. The molecule has 6 heteroatoms. The zero-order valence-electron chi connectivity index (χ0n) is 12.8. The molecule has 3 aliphatic rings. The third-order valence-electron chi connectivity index (χ3n) is 5.07. The lowest BCUT2D eigenvalue weighted by atomic mass is 9.83. The van der Waals surface area contributed by atoms with Crippen molar-refractivity contribution in [3.05, 3.63) is 18.1 Å². The molecule has 4 rings (SSSR count). The van der Waals surface area contributed by atoms with Crippen LogP contribution in [-0.2, 0) is 9.53 Å². The Morgan fingerprint density at radius 1 is 1.18 bits per heavy atom. The second-order valence-electron chi connectivity index (χ2n) is 6.47. The van der Waals surface area contributed by atoms with Gasteiger partial charge in [0.1, 0.15) is 12.1 Å². The van der Waals surface area contributed by atoms with Gasteiger partial charge in [0.25, 0.3) is 0 Å². The predicted octanol–water partition coefficient (Wildman–Crippen LogP) is 1.04. The highest BCUT2D eigenvalue weighted by atomic mass is 16.5. The highest BCUT2D eigenvalue weighted by Crippen LogP contribution is 2.36. The Balaban J connectivity index is 1.35. The zero-order valence-corrected chi connectivity index (χ0v) is 12.8. The summed E-state index contributed by atoms with van der Waals surface area (Å²) in [6.07, 6.45) is 5.47. The summed E-state index contributed by atoms with van der Waals surface area (Å²) < 4.78 is 5.30. The van der Waals surface area contributed by atoms with Crippen molar-refractivity contribution in [2.75, 3.05) is 44.3 Å². The van der Waals surface area contributed by atoms with Gasteiger partial charge >= 0.3 is 0 Å². The lowest BCUT2D eigenvalue weighted by molar-refractivity contribution is -0.140. The number of nitrogens with zero attached hydrogens (tertiary/aromatic N) is 4. The van der Waals surface area contributed by atoms with Crippen molar-refractivity contribution >= 4 is 11.7 Å². The molecule has 22 heavy (non-hydrogen) atoms. The summed E-state index contributed by atoms with van der Waals surface area (Å²) in [6, 6.07) is 2.11. The summed E-state index contributed by atoms with van der Waals surface area (Å²) in [5.74, 6) is 1.98. The summed E-state index contributed by atoms with van der Waals surface area (Å²) in [5.41, 5.74) is 1.17. The zero-order chi connectivity index (χ0) is 14.9. The van der Waals surface area contributed by atoms with Crippen LogP contribution in [-0.4, -0.2) is 60.2 Å². The van der Waals surface area contributed by atoms with Gasteiger partial charge in [-0.2, -0.15) is 0 Å². The first-order valence-electron chi connectivity index (χ1n) is 8.24. The van der Waals surface area contributed by atoms with Gasteiger partial charge in [0.2, 0.25) is 5.91 Å². The monoisotopic (exact) mass is 302 g/mol. The van der Waals surface area contributed by atoms with Crippen molar-refractivity contribution in [3.8, 4) is 0 Å². The summed E-state index contributed by atoms with van der Waals surface area (Å²) in [6.45, 7) is 4.34. The molecule has 0 atom stereocenters. The van der Waals surface area contributed by atoms with E-state index < -0.39 is 0 Å². The van der Waals surface area contributed by atoms with E-state index in [4.69, 9.17) is 4.74 Å². The normalized spacial score (nSPS) is 23.1. The topological polar surface area (TPSA) is 58.6 Å². The average molecular weight is 302 g/mol. The molecule has 3 fully saturated rings. The van der Waals surface area contributed by atoms with Crippen molar-refractivity contribution in [1.82, 2.24) is 14.9 Å². The largest absolute Gasteiger partial charge is 0.378 e. The van der Waals surface area contributed by atoms with E-state index >= 15 is 0 Å². The smallest absolute Gasteiger partial charge is 0.229 e. The molecule has 118 valence electrons. The molecule has 0 radical (unpaired) electrons. The maximum Gasteiger partial charge on any atom is 0.229 e. The third-order valence-corrected chi connectivity index (χ3v) is 5.07. The van der Waals surface area contributed by atoms with Gasteiger partial charge in [-0.05, 0) is 12.8 Å². The number of amides is 1. The van der Waals surface area contributed by atoms with Gasteiger partial charge in [0, 0.05) is 43.9 Å². The van der Waals surface area contributed by atoms with Gasteiger partial charge in [-0.15, -0.1) is 0 Å². The van der Waals surface area contributed by atoms with Crippen molar-refractivity contribution in [2.45, 2.75) is 25.2 Å². The highest BCUT2D eigenvalue weighted by Gasteiger charge is 2.36. The Hall–Kier alpha value is -1.69. The van der Waals surface area contributed by atoms with Crippen LogP contribution in [0.3, 0.4) is 0 Å². The minimum absolute atomic E-state index is 0.111. The molecule has 2 saturated heterocycles. The fourth-order valence-corrected chi connectivity index (χ4v) is 3.33. The summed E-state index contributed by atoms with van der Waals surface area (Å²) >= 11 is 0. The number of ether oxygens (including phenoxy) is 1. The molecule has 0 spiro atoms. The number of rotatable bonds is 3. The van der Waals surface area contributed by atoms with Crippen LogP contribution in [0.1, 0.15) is 30.9 Å². The van der Waals surface area contributed by atoms with Gasteiger partial charge in [0.15, 0.2) is 0 Å². The summed E-state index contributed by atoms with van der Waals surface area (Å²) in [7, 11) is 0. The van der Waals surface area contributed by atoms with Crippen LogP contribution in [0, 0.1) is 5.92 Å². The van der Waals surface area contributed by atoms with Gasteiger partial charge in [-0.3, -0.25) is 4.79 Å².